The fraction of sp³-hybridized carbons (Fsp3) is 0.316. The molecule has 0 aromatic heterocycles. The summed E-state index contributed by atoms with van der Waals surface area (Å²) in [6, 6.07) is 9.09. The zero-order valence-electron chi connectivity index (χ0n) is 16.3. The fourth-order valence-corrected chi connectivity index (χ4v) is 3.03. The Morgan fingerprint density at radius 1 is 1.07 bits per heavy atom. The maximum atomic E-state index is 12.3. The Kier molecular flexibility index (Phi) is 9.94. The Bertz CT molecular complexity index is 943. The summed E-state index contributed by atoms with van der Waals surface area (Å²) in [5.41, 5.74) is 0.896. The van der Waals surface area contributed by atoms with Crippen molar-refractivity contribution in [1.82, 2.24) is 0 Å². The van der Waals surface area contributed by atoms with Gasteiger partial charge in [-0.05, 0) is 42.7 Å². The SMILES string of the molecule is COc1ccc(CCC(=O)c2ccc(OCCCS(=O)(=O)O)cc2O)cc1O.[Na]. The third kappa shape index (κ3) is 8.23. The molecule has 2 aromatic carbocycles. The average molecular weight is 433 g/mol. The molecule has 0 aliphatic rings. The van der Waals surface area contributed by atoms with Crippen LogP contribution >= 0.6 is 0 Å². The van der Waals surface area contributed by atoms with Crippen molar-refractivity contribution in [3.05, 3.63) is 47.5 Å². The topological polar surface area (TPSA) is 130 Å². The summed E-state index contributed by atoms with van der Waals surface area (Å²) in [4.78, 5) is 12.3. The number of carbonyl (C=O) groups is 1. The van der Waals surface area contributed by atoms with Gasteiger partial charge in [0.25, 0.3) is 10.1 Å². The van der Waals surface area contributed by atoms with E-state index in [0.717, 1.165) is 5.56 Å². The molecule has 0 aliphatic heterocycles. The molecule has 0 fully saturated rings. The average Bonchev–Trinajstić information content (AvgIpc) is 2.63. The Morgan fingerprint density at radius 2 is 1.79 bits per heavy atom. The molecule has 2 rings (SSSR count). The van der Waals surface area contributed by atoms with E-state index in [1.165, 1.54) is 31.4 Å². The van der Waals surface area contributed by atoms with Gasteiger partial charge in [0.05, 0.1) is 25.0 Å². The summed E-state index contributed by atoms with van der Waals surface area (Å²) in [6.07, 6.45) is 0.604. The number of rotatable bonds is 10. The molecule has 10 heteroatoms. The molecule has 0 atom stereocenters. The van der Waals surface area contributed by atoms with E-state index in [9.17, 15) is 23.4 Å². The zero-order valence-corrected chi connectivity index (χ0v) is 19.1. The molecule has 0 aliphatic carbocycles. The number of benzene rings is 2. The van der Waals surface area contributed by atoms with Gasteiger partial charge in [-0.2, -0.15) is 8.42 Å². The molecule has 2 aromatic rings. The van der Waals surface area contributed by atoms with E-state index < -0.39 is 15.9 Å². The first-order chi connectivity index (χ1) is 13.2. The second-order valence-electron chi connectivity index (χ2n) is 6.10. The maximum Gasteiger partial charge on any atom is 0.264 e. The Hall–Kier alpha value is -1.78. The van der Waals surface area contributed by atoms with E-state index in [-0.39, 0.29) is 77.6 Å². The summed E-state index contributed by atoms with van der Waals surface area (Å²) in [5, 5.41) is 19.8. The van der Waals surface area contributed by atoms with Crippen LogP contribution in [0.3, 0.4) is 0 Å². The van der Waals surface area contributed by atoms with Crippen molar-refractivity contribution in [2.75, 3.05) is 19.5 Å². The molecule has 0 amide bonds. The number of carbonyl (C=O) groups excluding carboxylic acids is 1. The molecular formula is C19H22NaO8S. The fourth-order valence-electron chi connectivity index (χ4n) is 2.55. The molecule has 0 spiro atoms. The summed E-state index contributed by atoms with van der Waals surface area (Å²) in [7, 11) is -2.59. The largest absolute Gasteiger partial charge is 0.507 e. The van der Waals surface area contributed by atoms with Crippen molar-refractivity contribution in [2.24, 2.45) is 0 Å². The van der Waals surface area contributed by atoms with Crippen molar-refractivity contribution in [3.63, 3.8) is 0 Å². The number of aromatic hydroxyl groups is 2. The van der Waals surface area contributed by atoms with Gasteiger partial charge < -0.3 is 19.7 Å². The first-order valence-corrected chi connectivity index (χ1v) is 10.1. The second-order valence-corrected chi connectivity index (χ2v) is 7.67. The number of hydrogen-bond donors (Lipinski definition) is 3. The van der Waals surface area contributed by atoms with Crippen molar-refractivity contribution in [1.29, 1.82) is 0 Å². The minimum absolute atomic E-state index is 0. The van der Waals surface area contributed by atoms with Gasteiger partial charge >= 0.3 is 0 Å². The van der Waals surface area contributed by atoms with Gasteiger partial charge in [-0.15, -0.1) is 0 Å². The van der Waals surface area contributed by atoms with Crippen LogP contribution in [0, 0.1) is 0 Å². The van der Waals surface area contributed by atoms with Crippen molar-refractivity contribution in [2.45, 2.75) is 19.3 Å². The molecule has 0 unspecified atom stereocenters. The van der Waals surface area contributed by atoms with Crippen LogP contribution in [-0.4, -0.2) is 78.0 Å². The van der Waals surface area contributed by atoms with Crippen LogP contribution in [0.1, 0.15) is 28.8 Å². The summed E-state index contributed by atoms with van der Waals surface area (Å²) < 4.78 is 40.2. The molecule has 1 radical (unpaired) electrons. The van der Waals surface area contributed by atoms with Crippen LogP contribution in [0.4, 0.5) is 0 Å². The molecular weight excluding hydrogens is 411 g/mol. The van der Waals surface area contributed by atoms with Crippen LogP contribution in [0.25, 0.3) is 0 Å². The Morgan fingerprint density at radius 3 is 2.38 bits per heavy atom. The number of ether oxygens (including phenoxy) is 2. The molecule has 0 heterocycles. The van der Waals surface area contributed by atoms with E-state index in [4.69, 9.17) is 14.0 Å². The maximum absolute atomic E-state index is 12.3. The molecule has 153 valence electrons. The second kappa shape index (κ2) is 11.4. The molecule has 8 nitrogen and oxygen atoms in total. The van der Waals surface area contributed by atoms with Crippen molar-refractivity contribution in [3.8, 4) is 23.0 Å². The summed E-state index contributed by atoms with van der Waals surface area (Å²) in [5.74, 6) is -0.313. The van der Waals surface area contributed by atoms with E-state index in [2.05, 4.69) is 0 Å². The van der Waals surface area contributed by atoms with E-state index in [0.29, 0.717) is 12.2 Å². The van der Waals surface area contributed by atoms with Gasteiger partial charge in [-0.1, -0.05) is 6.07 Å². The Labute approximate surface area is 191 Å². The predicted molar refractivity (Wildman–Crippen MR) is 108 cm³/mol. The standard InChI is InChI=1S/C19H22O8S.Na/c1-26-19-8-4-13(11-18(19)22)3-7-16(20)15-6-5-14(12-17(15)21)27-9-2-10-28(23,24)25;/h4-6,8,11-12,21-22H,2-3,7,9-10H2,1H3,(H,23,24,25);. The van der Waals surface area contributed by atoms with Gasteiger partial charge in [-0.25, -0.2) is 0 Å². The molecule has 0 saturated carbocycles. The number of phenols is 2. The van der Waals surface area contributed by atoms with Gasteiger partial charge in [0.15, 0.2) is 17.3 Å². The quantitative estimate of drug-likeness (QED) is 0.225. The molecule has 0 saturated heterocycles. The number of phenolic OH excluding ortho intramolecular Hbond substituents is 2. The zero-order chi connectivity index (χ0) is 20.7. The van der Waals surface area contributed by atoms with Crippen LogP contribution in [0.5, 0.6) is 23.0 Å². The first kappa shape index (κ1) is 25.3. The number of hydrogen-bond acceptors (Lipinski definition) is 7. The van der Waals surface area contributed by atoms with E-state index >= 15 is 0 Å². The Balaban J connectivity index is 0.00000420. The number of ketones is 1. The van der Waals surface area contributed by atoms with E-state index in [1.807, 2.05) is 0 Å². The minimum Gasteiger partial charge on any atom is -0.507 e. The van der Waals surface area contributed by atoms with Gasteiger partial charge in [-0.3, -0.25) is 9.35 Å². The summed E-state index contributed by atoms with van der Waals surface area (Å²) in [6.45, 7) is 0.0352. The number of aryl methyl sites for hydroxylation is 1. The minimum atomic E-state index is -4.04. The van der Waals surface area contributed by atoms with Gasteiger partial charge in [0, 0.05) is 42.0 Å². The number of methoxy groups -OCH3 is 1. The van der Waals surface area contributed by atoms with Crippen molar-refractivity contribution < 1.29 is 37.5 Å². The normalized spacial score (nSPS) is 10.8. The van der Waals surface area contributed by atoms with Gasteiger partial charge in [0.2, 0.25) is 0 Å². The van der Waals surface area contributed by atoms with Crippen molar-refractivity contribution >= 4 is 45.5 Å². The predicted octanol–water partition coefficient (Wildman–Crippen LogP) is 2.20. The molecule has 0 bridgehead atoms. The van der Waals surface area contributed by atoms with E-state index in [1.54, 1.807) is 12.1 Å². The molecule has 29 heavy (non-hydrogen) atoms. The van der Waals surface area contributed by atoms with Crippen LogP contribution in [0.15, 0.2) is 36.4 Å². The van der Waals surface area contributed by atoms with Crippen LogP contribution in [-0.2, 0) is 16.5 Å². The monoisotopic (exact) mass is 433 g/mol. The van der Waals surface area contributed by atoms with Crippen LogP contribution in [0.2, 0.25) is 0 Å². The van der Waals surface area contributed by atoms with Crippen LogP contribution < -0.4 is 9.47 Å². The summed E-state index contributed by atoms with van der Waals surface area (Å²) >= 11 is 0. The third-order valence-corrected chi connectivity index (χ3v) is 4.77. The smallest absolute Gasteiger partial charge is 0.264 e. The first-order valence-electron chi connectivity index (χ1n) is 8.49. The van der Waals surface area contributed by atoms with Gasteiger partial charge in [0.1, 0.15) is 11.5 Å². The third-order valence-electron chi connectivity index (χ3n) is 3.97. The number of Topliss-reactive ketones (excluding diaryl/α,β-unsaturated/α-hetero) is 1. The molecule has 3 N–H and O–H groups in total.